The number of nitrogens with one attached hydrogen (secondary N) is 2. The number of rotatable bonds is 6. The molecule has 28 heavy (non-hydrogen) atoms. The molecule has 0 saturated heterocycles. The van der Waals surface area contributed by atoms with E-state index in [0.717, 1.165) is 11.3 Å². The quantitative estimate of drug-likeness (QED) is 0.460. The van der Waals surface area contributed by atoms with Crippen molar-refractivity contribution in [1.29, 1.82) is 0 Å². The maximum absolute atomic E-state index is 13.8. The van der Waals surface area contributed by atoms with Crippen molar-refractivity contribution in [1.82, 2.24) is 9.78 Å². The van der Waals surface area contributed by atoms with Gasteiger partial charge in [-0.15, -0.1) is 11.3 Å². The number of carbonyl (C=O) groups excluding carboxylic acids is 1. The first kappa shape index (κ1) is 20.0. The number of aryl methyl sites for hydroxylation is 1. The number of carbonyl (C=O) groups is 1. The Morgan fingerprint density at radius 3 is 2.82 bits per heavy atom. The van der Waals surface area contributed by atoms with Gasteiger partial charge in [0, 0.05) is 22.7 Å². The summed E-state index contributed by atoms with van der Waals surface area (Å²) < 4.78 is 20.2. The molecule has 1 aromatic carbocycles. The van der Waals surface area contributed by atoms with Crippen molar-refractivity contribution in [2.24, 2.45) is 0 Å². The fourth-order valence-corrected chi connectivity index (χ4v) is 3.80. The molecule has 6 nitrogen and oxygen atoms in total. The zero-order valence-electron chi connectivity index (χ0n) is 15.4. The van der Waals surface area contributed by atoms with E-state index < -0.39 is 5.97 Å². The monoisotopic (exact) mass is 418 g/mol. The van der Waals surface area contributed by atoms with E-state index in [1.54, 1.807) is 41.2 Å². The Hall–Kier alpha value is -2.78. The first-order valence-corrected chi connectivity index (χ1v) is 9.78. The molecule has 0 unspecified atom stereocenters. The van der Waals surface area contributed by atoms with Crippen LogP contribution in [-0.4, -0.2) is 28.0 Å². The third kappa shape index (κ3) is 4.73. The number of hydrogen-bond donors (Lipinski definition) is 2. The van der Waals surface area contributed by atoms with Crippen LogP contribution < -0.4 is 10.6 Å². The molecular formula is C19H19FN4O2S2. The number of benzene rings is 1. The average Bonchev–Trinajstić information content (AvgIpc) is 3.29. The summed E-state index contributed by atoms with van der Waals surface area (Å²) in [6.45, 7) is 2.32. The minimum atomic E-state index is -0.421. The van der Waals surface area contributed by atoms with Gasteiger partial charge in [-0.1, -0.05) is 25.1 Å². The van der Waals surface area contributed by atoms with E-state index in [9.17, 15) is 9.18 Å². The minimum absolute atomic E-state index is 0.274. The molecule has 2 N–H and O–H groups in total. The van der Waals surface area contributed by atoms with Crippen molar-refractivity contribution in [3.8, 4) is 0 Å². The van der Waals surface area contributed by atoms with E-state index in [0.29, 0.717) is 33.6 Å². The van der Waals surface area contributed by atoms with E-state index in [1.165, 1.54) is 24.5 Å². The van der Waals surface area contributed by atoms with Gasteiger partial charge in [0.15, 0.2) is 10.9 Å². The van der Waals surface area contributed by atoms with Crippen molar-refractivity contribution in [3.63, 3.8) is 0 Å². The number of aromatic nitrogens is 2. The lowest BCUT2D eigenvalue weighted by Crippen LogP contribution is -2.20. The van der Waals surface area contributed by atoms with Crippen LogP contribution in [0.3, 0.4) is 0 Å². The summed E-state index contributed by atoms with van der Waals surface area (Å²) >= 11 is 6.77. The number of halogens is 1. The third-order valence-corrected chi connectivity index (χ3v) is 5.34. The van der Waals surface area contributed by atoms with E-state index in [2.05, 4.69) is 15.7 Å². The maximum atomic E-state index is 13.8. The summed E-state index contributed by atoms with van der Waals surface area (Å²) in [7, 11) is 1.34. The fraction of sp³-hybridized carbons (Fsp3) is 0.211. The van der Waals surface area contributed by atoms with Crippen molar-refractivity contribution < 1.29 is 13.9 Å². The molecule has 0 saturated carbocycles. The average molecular weight is 419 g/mol. The van der Waals surface area contributed by atoms with Crippen molar-refractivity contribution >= 4 is 45.5 Å². The van der Waals surface area contributed by atoms with E-state index in [1.807, 2.05) is 6.92 Å². The van der Waals surface area contributed by atoms with E-state index in [4.69, 9.17) is 17.0 Å². The predicted octanol–water partition coefficient (Wildman–Crippen LogP) is 4.29. The highest BCUT2D eigenvalue weighted by Crippen LogP contribution is 2.29. The van der Waals surface area contributed by atoms with Crippen LogP contribution in [0.2, 0.25) is 0 Å². The number of thiocarbonyl (C=S) groups is 1. The molecule has 0 aliphatic heterocycles. The van der Waals surface area contributed by atoms with E-state index in [-0.39, 0.29) is 5.82 Å². The summed E-state index contributed by atoms with van der Waals surface area (Å²) in [6, 6.07) is 10.1. The number of anilines is 2. The summed E-state index contributed by atoms with van der Waals surface area (Å²) in [4.78, 5) is 13.0. The standard InChI is InChI=1S/C19H19FN4O2S2/c1-3-13-10-14(18(25)26-2)17(28-13)22-19(27)21-16-8-9-24(23-16)11-12-6-4-5-7-15(12)20/h4-10H,3,11H2,1-2H3,(H2,21,22,23,27). The molecule has 0 aliphatic carbocycles. The molecular weight excluding hydrogens is 399 g/mol. The molecule has 0 spiro atoms. The molecule has 0 radical (unpaired) electrons. The Bertz CT molecular complexity index is 999. The number of nitrogens with zero attached hydrogens (tertiary/aromatic N) is 2. The summed E-state index contributed by atoms with van der Waals surface area (Å²) in [5.41, 5.74) is 0.991. The predicted molar refractivity (Wildman–Crippen MR) is 113 cm³/mol. The number of ether oxygens (including phenoxy) is 1. The van der Waals surface area contributed by atoms with Gasteiger partial charge in [0.1, 0.15) is 10.8 Å². The molecule has 0 aliphatic rings. The number of esters is 1. The van der Waals surface area contributed by atoms with Gasteiger partial charge < -0.3 is 15.4 Å². The lowest BCUT2D eigenvalue weighted by atomic mass is 10.2. The molecule has 0 bridgehead atoms. The Labute approximate surface area is 171 Å². The highest BCUT2D eigenvalue weighted by Gasteiger charge is 2.17. The number of thiophene rings is 1. The Kier molecular flexibility index (Phi) is 6.37. The first-order chi connectivity index (χ1) is 13.5. The van der Waals surface area contributed by atoms with Crippen molar-refractivity contribution in [2.75, 3.05) is 17.7 Å². The second kappa shape index (κ2) is 8.94. The molecule has 0 atom stereocenters. The molecule has 2 heterocycles. The summed E-state index contributed by atoms with van der Waals surface area (Å²) in [5.74, 6) is -0.180. The third-order valence-electron chi connectivity index (χ3n) is 3.94. The second-order valence-corrected chi connectivity index (χ2v) is 7.41. The minimum Gasteiger partial charge on any atom is -0.465 e. The molecule has 146 valence electrons. The van der Waals surface area contributed by atoms with Crippen molar-refractivity contribution in [2.45, 2.75) is 19.9 Å². The topological polar surface area (TPSA) is 68.2 Å². The lowest BCUT2D eigenvalue weighted by Gasteiger charge is -2.08. The Morgan fingerprint density at radius 1 is 1.32 bits per heavy atom. The van der Waals surface area contributed by atoms with Gasteiger partial charge in [0.05, 0.1) is 19.2 Å². The van der Waals surface area contributed by atoms with Crippen LogP contribution in [0.4, 0.5) is 15.2 Å². The van der Waals surface area contributed by atoms with Gasteiger partial charge in [-0.05, 0) is 30.8 Å². The molecule has 3 aromatic rings. The van der Waals surface area contributed by atoms with Gasteiger partial charge >= 0.3 is 5.97 Å². The highest BCUT2D eigenvalue weighted by molar-refractivity contribution is 7.80. The van der Waals surface area contributed by atoms with Crippen LogP contribution in [0.1, 0.15) is 27.7 Å². The van der Waals surface area contributed by atoms with Gasteiger partial charge in [0.25, 0.3) is 0 Å². The highest BCUT2D eigenvalue weighted by atomic mass is 32.1. The van der Waals surface area contributed by atoms with Crippen LogP contribution in [0.25, 0.3) is 0 Å². The Morgan fingerprint density at radius 2 is 2.11 bits per heavy atom. The second-order valence-electron chi connectivity index (χ2n) is 5.87. The molecule has 9 heteroatoms. The van der Waals surface area contributed by atoms with Crippen LogP contribution in [0.15, 0.2) is 42.6 Å². The number of hydrogen-bond acceptors (Lipinski definition) is 5. The maximum Gasteiger partial charge on any atom is 0.340 e. The SMILES string of the molecule is CCc1cc(C(=O)OC)c(NC(=S)Nc2ccn(Cc3ccccc3F)n2)s1. The fourth-order valence-electron chi connectivity index (χ4n) is 2.54. The molecule has 3 rings (SSSR count). The zero-order valence-corrected chi connectivity index (χ0v) is 17.0. The van der Waals surface area contributed by atoms with Crippen LogP contribution in [0.5, 0.6) is 0 Å². The van der Waals surface area contributed by atoms with Gasteiger partial charge in [-0.2, -0.15) is 5.10 Å². The van der Waals surface area contributed by atoms with Crippen molar-refractivity contribution in [3.05, 3.63) is 64.4 Å². The van der Waals surface area contributed by atoms with E-state index >= 15 is 0 Å². The Balaban J connectivity index is 1.66. The summed E-state index contributed by atoms with van der Waals surface area (Å²) in [6.07, 6.45) is 2.54. The van der Waals surface area contributed by atoms with Crippen LogP contribution >= 0.6 is 23.6 Å². The van der Waals surface area contributed by atoms with Gasteiger partial charge in [-0.25, -0.2) is 9.18 Å². The zero-order chi connectivity index (χ0) is 20.1. The largest absolute Gasteiger partial charge is 0.465 e. The van der Waals surface area contributed by atoms with Crippen LogP contribution in [-0.2, 0) is 17.7 Å². The molecule has 0 amide bonds. The van der Waals surface area contributed by atoms with Crippen LogP contribution in [0, 0.1) is 5.82 Å². The smallest absolute Gasteiger partial charge is 0.340 e. The number of methoxy groups -OCH3 is 1. The molecule has 2 aromatic heterocycles. The lowest BCUT2D eigenvalue weighted by molar-refractivity contribution is 0.0602. The molecule has 0 fully saturated rings. The summed E-state index contributed by atoms with van der Waals surface area (Å²) in [5, 5.41) is 11.3. The first-order valence-electron chi connectivity index (χ1n) is 8.56. The normalized spacial score (nSPS) is 10.5. The van der Waals surface area contributed by atoms with Gasteiger partial charge in [0.2, 0.25) is 0 Å². The van der Waals surface area contributed by atoms with Gasteiger partial charge in [-0.3, -0.25) is 4.68 Å².